The van der Waals surface area contributed by atoms with Crippen LogP contribution in [0.25, 0.3) is 0 Å². The lowest BCUT2D eigenvalue weighted by Crippen LogP contribution is -2.44. The summed E-state index contributed by atoms with van der Waals surface area (Å²) < 4.78 is 13.2. The van der Waals surface area contributed by atoms with Crippen LogP contribution in [0.1, 0.15) is 31.2 Å². The average Bonchev–Trinajstić information content (AvgIpc) is 3.08. The van der Waals surface area contributed by atoms with E-state index in [0.717, 1.165) is 31.6 Å². The van der Waals surface area contributed by atoms with E-state index in [-0.39, 0.29) is 5.82 Å². The standard InChI is InChI=1S/C15H18FN3/c16-12-5-6-14(11(9-12)10-17)19-8-2-4-15(19)13-3-1-7-18-13/h5-6,9,13,15,18H,1-4,7-8H2. The molecule has 0 aliphatic carbocycles. The van der Waals surface area contributed by atoms with Gasteiger partial charge in [-0.15, -0.1) is 0 Å². The third-order valence-electron chi connectivity index (χ3n) is 4.25. The van der Waals surface area contributed by atoms with Gasteiger partial charge in [-0.25, -0.2) is 4.39 Å². The normalized spacial score (nSPS) is 26.6. The van der Waals surface area contributed by atoms with Crippen LogP contribution in [0.15, 0.2) is 18.2 Å². The van der Waals surface area contributed by atoms with E-state index in [1.54, 1.807) is 6.07 Å². The maximum absolute atomic E-state index is 13.2. The molecule has 0 radical (unpaired) electrons. The Morgan fingerprint density at radius 1 is 1.32 bits per heavy atom. The van der Waals surface area contributed by atoms with Gasteiger partial charge in [0.1, 0.15) is 11.9 Å². The SMILES string of the molecule is N#Cc1cc(F)ccc1N1CCCC1C1CCCN1. The first-order chi connectivity index (χ1) is 9.29. The Morgan fingerprint density at radius 3 is 2.95 bits per heavy atom. The van der Waals surface area contributed by atoms with Gasteiger partial charge in [-0.3, -0.25) is 0 Å². The highest BCUT2D eigenvalue weighted by atomic mass is 19.1. The van der Waals surface area contributed by atoms with Gasteiger partial charge in [0.15, 0.2) is 0 Å². The molecule has 2 aliphatic heterocycles. The number of nitrogens with zero attached hydrogens (tertiary/aromatic N) is 2. The number of nitrogens with one attached hydrogen (secondary N) is 1. The van der Waals surface area contributed by atoms with E-state index in [9.17, 15) is 9.65 Å². The van der Waals surface area contributed by atoms with E-state index in [2.05, 4.69) is 16.3 Å². The fourth-order valence-corrected chi connectivity index (χ4v) is 3.40. The third-order valence-corrected chi connectivity index (χ3v) is 4.25. The lowest BCUT2D eigenvalue weighted by Gasteiger charge is -2.32. The quantitative estimate of drug-likeness (QED) is 0.886. The zero-order valence-corrected chi connectivity index (χ0v) is 10.9. The summed E-state index contributed by atoms with van der Waals surface area (Å²) in [6.45, 7) is 2.05. The molecule has 1 N–H and O–H groups in total. The van der Waals surface area contributed by atoms with Crippen LogP contribution in [0.3, 0.4) is 0 Å². The molecule has 1 aromatic rings. The Morgan fingerprint density at radius 2 is 2.21 bits per heavy atom. The summed E-state index contributed by atoms with van der Waals surface area (Å²) in [5.74, 6) is -0.338. The van der Waals surface area contributed by atoms with Crippen molar-refractivity contribution < 1.29 is 4.39 Å². The summed E-state index contributed by atoms with van der Waals surface area (Å²) in [7, 11) is 0. The van der Waals surface area contributed by atoms with E-state index in [0.29, 0.717) is 17.6 Å². The summed E-state index contributed by atoms with van der Waals surface area (Å²) in [5, 5.41) is 12.7. The second-order valence-electron chi connectivity index (χ2n) is 5.38. The number of hydrogen-bond acceptors (Lipinski definition) is 3. The molecule has 2 unspecified atom stereocenters. The van der Waals surface area contributed by atoms with E-state index >= 15 is 0 Å². The highest BCUT2D eigenvalue weighted by molar-refractivity contribution is 5.60. The molecule has 2 atom stereocenters. The molecule has 0 bridgehead atoms. The predicted octanol–water partition coefficient (Wildman–Crippen LogP) is 2.42. The molecule has 2 aliphatic rings. The Bertz CT molecular complexity index is 503. The topological polar surface area (TPSA) is 39.1 Å². The van der Waals surface area contributed by atoms with Crippen molar-refractivity contribution in [2.24, 2.45) is 0 Å². The van der Waals surface area contributed by atoms with Gasteiger partial charge in [-0.2, -0.15) is 5.26 Å². The van der Waals surface area contributed by atoms with Crippen molar-refractivity contribution in [1.82, 2.24) is 5.32 Å². The summed E-state index contributed by atoms with van der Waals surface area (Å²) in [6.07, 6.45) is 4.72. The van der Waals surface area contributed by atoms with Gasteiger partial charge in [0.05, 0.1) is 11.3 Å². The highest BCUT2D eigenvalue weighted by Crippen LogP contribution is 2.32. The molecule has 2 saturated heterocycles. The molecule has 3 nitrogen and oxygen atoms in total. The van der Waals surface area contributed by atoms with Gasteiger partial charge >= 0.3 is 0 Å². The van der Waals surface area contributed by atoms with Crippen LogP contribution in [-0.4, -0.2) is 25.2 Å². The number of benzene rings is 1. The molecular weight excluding hydrogens is 241 g/mol. The molecule has 3 rings (SSSR count). The number of hydrogen-bond donors (Lipinski definition) is 1. The van der Waals surface area contributed by atoms with E-state index < -0.39 is 0 Å². The lowest BCUT2D eigenvalue weighted by molar-refractivity contribution is 0.482. The summed E-state index contributed by atoms with van der Waals surface area (Å²) in [5.41, 5.74) is 1.34. The maximum Gasteiger partial charge on any atom is 0.124 e. The largest absolute Gasteiger partial charge is 0.366 e. The minimum absolute atomic E-state index is 0.338. The number of nitriles is 1. The average molecular weight is 259 g/mol. The van der Waals surface area contributed by atoms with Gasteiger partial charge in [0.25, 0.3) is 0 Å². The first-order valence-electron chi connectivity index (χ1n) is 6.99. The minimum atomic E-state index is -0.338. The van der Waals surface area contributed by atoms with Crippen molar-refractivity contribution in [2.75, 3.05) is 18.0 Å². The minimum Gasteiger partial charge on any atom is -0.366 e. The maximum atomic E-state index is 13.2. The van der Waals surface area contributed by atoms with Crippen LogP contribution in [0.5, 0.6) is 0 Å². The fourth-order valence-electron chi connectivity index (χ4n) is 3.40. The first-order valence-corrected chi connectivity index (χ1v) is 6.99. The smallest absolute Gasteiger partial charge is 0.124 e. The second-order valence-corrected chi connectivity index (χ2v) is 5.38. The van der Waals surface area contributed by atoms with E-state index in [1.165, 1.54) is 25.0 Å². The molecule has 0 spiro atoms. The molecule has 4 heteroatoms. The predicted molar refractivity (Wildman–Crippen MR) is 72.5 cm³/mol. The van der Waals surface area contributed by atoms with Crippen LogP contribution >= 0.6 is 0 Å². The Kier molecular flexibility index (Phi) is 3.39. The Balaban J connectivity index is 1.90. The molecule has 1 aromatic carbocycles. The molecular formula is C15H18FN3. The zero-order chi connectivity index (χ0) is 13.2. The molecule has 0 saturated carbocycles. The zero-order valence-electron chi connectivity index (χ0n) is 10.9. The van der Waals surface area contributed by atoms with E-state index in [1.807, 2.05) is 0 Å². The van der Waals surface area contributed by atoms with Gasteiger partial charge in [-0.1, -0.05) is 0 Å². The van der Waals surface area contributed by atoms with Crippen molar-refractivity contribution in [2.45, 2.75) is 37.8 Å². The van der Waals surface area contributed by atoms with Crippen molar-refractivity contribution in [3.05, 3.63) is 29.6 Å². The molecule has 19 heavy (non-hydrogen) atoms. The Labute approximate surface area is 113 Å². The molecule has 0 aromatic heterocycles. The third kappa shape index (κ3) is 2.31. The summed E-state index contributed by atoms with van der Waals surface area (Å²) in [4.78, 5) is 2.29. The van der Waals surface area contributed by atoms with Crippen LogP contribution in [-0.2, 0) is 0 Å². The van der Waals surface area contributed by atoms with Crippen molar-refractivity contribution in [3.8, 4) is 6.07 Å². The van der Waals surface area contributed by atoms with Crippen molar-refractivity contribution >= 4 is 5.69 Å². The van der Waals surface area contributed by atoms with Crippen LogP contribution in [0, 0.1) is 17.1 Å². The summed E-state index contributed by atoms with van der Waals surface area (Å²) >= 11 is 0. The van der Waals surface area contributed by atoms with Crippen molar-refractivity contribution in [1.29, 1.82) is 5.26 Å². The molecule has 2 heterocycles. The monoisotopic (exact) mass is 259 g/mol. The summed E-state index contributed by atoms with van der Waals surface area (Å²) in [6, 6.07) is 7.62. The van der Waals surface area contributed by atoms with Gasteiger partial charge in [0, 0.05) is 18.6 Å². The lowest BCUT2D eigenvalue weighted by atomic mass is 10.0. The highest BCUT2D eigenvalue weighted by Gasteiger charge is 2.34. The van der Waals surface area contributed by atoms with Crippen LogP contribution in [0.2, 0.25) is 0 Å². The number of anilines is 1. The molecule has 2 fully saturated rings. The second kappa shape index (κ2) is 5.18. The van der Waals surface area contributed by atoms with Crippen LogP contribution < -0.4 is 10.2 Å². The van der Waals surface area contributed by atoms with Gasteiger partial charge in [0.2, 0.25) is 0 Å². The Hall–Kier alpha value is -1.60. The van der Waals surface area contributed by atoms with Crippen molar-refractivity contribution in [3.63, 3.8) is 0 Å². The number of halogens is 1. The van der Waals surface area contributed by atoms with E-state index in [4.69, 9.17) is 0 Å². The number of rotatable bonds is 2. The fraction of sp³-hybridized carbons (Fsp3) is 0.533. The molecule has 0 amide bonds. The first kappa shape index (κ1) is 12.4. The molecule has 100 valence electrons. The van der Waals surface area contributed by atoms with Crippen LogP contribution in [0.4, 0.5) is 10.1 Å². The van der Waals surface area contributed by atoms with Gasteiger partial charge in [-0.05, 0) is 50.4 Å². The van der Waals surface area contributed by atoms with Gasteiger partial charge < -0.3 is 10.2 Å².